The molecule has 22 heavy (non-hydrogen) atoms. The van der Waals surface area contributed by atoms with Gasteiger partial charge in [-0.05, 0) is 30.2 Å². The topological polar surface area (TPSA) is 57.6 Å². The van der Waals surface area contributed by atoms with Crippen molar-refractivity contribution in [2.45, 2.75) is 31.2 Å². The fourth-order valence-electron chi connectivity index (χ4n) is 2.38. The Hall–Kier alpha value is -1.85. The van der Waals surface area contributed by atoms with Crippen LogP contribution in [0.4, 0.5) is 5.69 Å². The van der Waals surface area contributed by atoms with Crippen LogP contribution in [0.5, 0.6) is 0 Å². The van der Waals surface area contributed by atoms with Crippen LogP contribution >= 0.6 is 0 Å². The van der Waals surface area contributed by atoms with Gasteiger partial charge in [-0.1, -0.05) is 49.7 Å². The van der Waals surface area contributed by atoms with Crippen LogP contribution < -0.4 is 4.90 Å². The fraction of sp³-hybridized carbons (Fsp3) is 0.294. The maximum atomic E-state index is 11.5. The Kier molecular flexibility index (Phi) is 5.57. The molecule has 5 heteroatoms. The van der Waals surface area contributed by atoms with Crippen molar-refractivity contribution >= 4 is 15.8 Å². The van der Waals surface area contributed by atoms with E-state index in [0.717, 1.165) is 25.1 Å². The quantitative estimate of drug-likeness (QED) is 0.790. The standard InChI is InChI=1S/C17H21NO3S/c1-2-3-13-18(16-10-5-4-6-11-16)14-15-9-7-8-12-17(15)22(19,20)21/h4-12H,2-3,13-14H2,1H3,(H,19,20,21). The van der Waals surface area contributed by atoms with Crippen molar-refractivity contribution in [1.82, 2.24) is 0 Å². The summed E-state index contributed by atoms with van der Waals surface area (Å²) in [5, 5.41) is 0. The summed E-state index contributed by atoms with van der Waals surface area (Å²) >= 11 is 0. The van der Waals surface area contributed by atoms with E-state index in [9.17, 15) is 13.0 Å². The highest BCUT2D eigenvalue weighted by molar-refractivity contribution is 7.85. The molecule has 2 aromatic carbocycles. The van der Waals surface area contributed by atoms with E-state index in [1.54, 1.807) is 18.2 Å². The Balaban J connectivity index is 2.32. The van der Waals surface area contributed by atoms with Gasteiger partial charge in [0.1, 0.15) is 0 Å². The average Bonchev–Trinajstić information content (AvgIpc) is 2.51. The number of nitrogens with zero attached hydrogens (tertiary/aromatic N) is 1. The van der Waals surface area contributed by atoms with Gasteiger partial charge >= 0.3 is 0 Å². The largest absolute Gasteiger partial charge is 0.367 e. The van der Waals surface area contributed by atoms with E-state index in [2.05, 4.69) is 11.8 Å². The van der Waals surface area contributed by atoms with Gasteiger partial charge in [-0.3, -0.25) is 4.55 Å². The molecule has 0 radical (unpaired) electrons. The molecule has 2 rings (SSSR count). The van der Waals surface area contributed by atoms with Crippen molar-refractivity contribution in [3.8, 4) is 0 Å². The first-order valence-electron chi connectivity index (χ1n) is 7.37. The Morgan fingerprint density at radius 2 is 1.64 bits per heavy atom. The zero-order valence-electron chi connectivity index (χ0n) is 12.6. The molecule has 0 bridgehead atoms. The first-order chi connectivity index (χ1) is 10.5. The lowest BCUT2D eigenvalue weighted by atomic mass is 10.1. The minimum absolute atomic E-state index is 0.0209. The molecule has 0 spiro atoms. The normalized spacial score (nSPS) is 11.4. The molecule has 0 amide bonds. The summed E-state index contributed by atoms with van der Waals surface area (Å²) in [6.07, 6.45) is 2.08. The van der Waals surface area contributed by atoms with Gasteiger partial charge in [0.25, 0.3) is 10.1 Å². The lowest BCUT2D eigenvalue weighted by molar-refractivity contribution is 0.482. The van der Waals surface area contributed by atoms with Crippen molar-refractivity contribution < 1.29 is 13.0 Å². The van der Waals surface area contributed by atoms with Crippen LogP contribution in [-0.2, 0) is 16.7 Å². The van der Waals surface area contributed by atoms with Crippen molar-refractivity contribution in [2.24, 2.45) is 0 Å². The van der Waals surface area contributed by atoms with Gasteiger partial charge in [-0.25, -0.2) is 0 Å². The summed E-state index contributed by atoms with van der Waals surface area (Å²) in [5.74, 6) is 0. The summed E-state index contributed by atoms with van der Waals surface area (Å²) in [4.78, 5) is 2.11. The van der Waals surface area contributed by atoms with E-state index < -0.39 is 10.1 Å². The van der Waals surface area contributed by atoms with Crippen LogP contribution in [-0.4, -0.2) is 19.5 Å². The van der Waals surface area contributed by atoms with Crippen molar-refractivity contribution in [3.63, 3.8) is 0 Å². The number of hydrogen-bond donors (Lipinski definition) is 1. The van der Waals surface area contributed by atoms with E-state index in [-0.39, 0.29) is 4.90 Å². The van der Waals surface area contributed by atoms with Gasteiger partial charge in [-0.15, -0.1) is 0 Å². The third kappa shape index (κ3) is 4.32. The van der Waals surface area contributed by atoms with Crippen LogP contribution in [0.3, 0.4) is 0 Å². The Bertz CT molecular complexity index is 699. The highest BCUT2D eigenvalue weighted by Gasteiger charge is 2.17. The molecule has 118 valence electrons. The fourth-order valence-corrected chi connectivity index (χ4v) is 3.09. The van der Waals surface area contributed by atoms with Gasteiger partial charge in [0.15, 0.2) is 0 Å². The molecule has 4 nitrogen and oxygen atoms in total. The lowest BCUT2D eigenvalue weighted by Crippen LogP contribution is -2.24. The lowest BCUT2D eigenvalue weighted by Gasteiger charge is -2.25. The van der Waals surface area contributed by atoms with Crippen molar-refractivity contribution in [2.75, 3.05) is 11.4 Å². The van der Waals surface area contributed by atoms with E-state index in [4.69, 9.17) is 0 Å². The smallest absolute Gasteiger partial charge is 0.294 e. The average molecular weight is 319 g/mol. The number of unbranched alkanes of at least 4 members (excludes halogenated alkanes) is 1. The van der Waals surface area contributed by atoms with Crippen LogP contribution in [0, 0.1) is 0 Å². The molecular formula is C17H21NO3S. The predicted molar refractivity (Wildman–Crippen MR) is 88.7 cm³/mol. The molecule has 0 unspecified atom stereocenters. The SMILES string of the molecule is CCCCN(Cc1ccccc1S(=O)(=O)O)c1ccccc1. The van der Waals surface area contributed by atoms with Crippen LogP contribution in [0.25, 0.3) is 0 Å². The molecule has 0 aliphatic heterocycles. The van der Waals surface area contributed by atoms with Gasteiger partial charge in [-0.2, -0.15) is 8.42 Å². The molecule has 0 heterocycles. The third-order valence-corrected chi connectivity index (χ3v) is 4.47. The second-order valence-corrected chi connectivity index (χ2v) is 6.58. The third-order valence-electron chi connectivity index (χ3n) is 3.51. The number of benzene rings is 2. The highest BCUT2D eigenvalue weighted by atomic mass is 32.2. The molecule has 0 saturated carbocycles. The molecule has 2 aromatic rings. The molecule has 0 atom stereocenters. The molecular weight excluding hydrogens is 298 g/mol. The van der Waals surface area contributed by atoms with E-state index in [1.165, 1.54) is 6.07 Å². The number of anilines is 1. The van der Waals surface area contributed by atoms with Crippen molar-refractivity contribution in [1.29, 1.82) is 0 Å². The molecule has 1 N–H and O–H groups in total. The van der Waals surface area contributed by atoms with Gasteiger partial charge in [0, 0.05) is 18.8 Å². The maximum absolute atomic E-state index is 11.5. The maximum Gasteiger partial charge on any atom is 0.294 e. The summed E-state index contributed by atoms with van der Waals surface area (Å²) in [5.41, 5.74) is 1.64. The zero-order valence-corrected chi connectivity index (χ0v) is 13.5. The minimum Gasteiger partial charge on any atom is -0.367 e. The minimum atomic E-state index is -4.21. The summed E-state index contributed by atoms with van der Waals surface area (Å²) in [6.45, 7) is 3.40. The van der Waals surface area contributed by atoms with Crippen molar-refractivity contribution in [3.05, 3.63) is 60.2 Å². The molecule has 0 aliphatic carbocycles. The Morgan fingerprint density at radius 1 is 1.00 bits per heavy atom. The first-order valence-corrected chi connectivity index (χ1v) is 8.81. The second-order valence-electron chi connectivity index (χ2n) is 5.19. The number of para-hydroxylation sites is 1. The summed E-state index contributed by atoms with van der Waals surface area (Å²) < 4.78 is 32.4. The highest BCUT2D eigenvalue weighted by Crippen LogP contribution is 2.22. The van der Waals surface area contributed by atoms with Crippen LogP contribution in [0.1, 0.15) is 25.3 Å². The van der Waals surface area contributed by atoms with E-state index >= 15 is 0 Å². The summed E-state index contributed by atoms with van der Waals surface area (Å²) in [7, 11) is -4.21. The van der Waals surface area contributed by atoms with Gasteiger partial charge in [0.2, 0.25) is 0 Å². The Morgan fingerprint density at radius 3 is 2.27 bits per heavy atom. The monoisotopic (exact) mass is 319 g/mol. The first kappa shape index (κ1) is 16.5. The van der Waals surface area contributed by atoms with E-state index in [0.29, 0.717) is 12.1 Å². The Labute approximate surface area is 132 Å². The van der Waals surface area contributed by atoms with Crippen LogP contribution in [0.15, 0.2) is 59.5 Å². The van der Waals surface area contributed by atoms with Crippen LogP contribution in [0.2, 0.25) is 0 Å². The summed E-state index contributed by atoms with van der Waals surface area (Å²) in [6, 6.07) is 16.5. The number of hydrogen-bond acceptors (Lipinski definition) is 3. The van der Waals surface area contributed by atoms with Gasteiger partial charge < -0.3 is 4.90 Å². The molecule has 0 saturated heterocycles. The second kappa shape index (κ2) is 7.42. The molecule has 0 aromatic heterocycles. The number of rotatable bonds is 7. The van der Waals surface area contributed by atoms with E-state index in [1.807, 2.05) is 30.3 Å². The van der Waals surface area contributed by atoms with Gasteiger partial charge in [0.05, 0.1) is 4.90 Å². The molecule has 0 aliphatic rings. The predicted octanol–water partition coefficient (Wildman–Crippen LogP) is 3.74. The molecule has 0 fully saturated rings. The zero-order chi connectivity index (χ0) is 16.0.